The molecule has 0 radical (unpaired) electrons. The minimum absolute atomic E-state index is 0.0661. The summed E-state index contributed by atoms with van der Waals surface area (Å²) in [6.07, 6.45) is 0.489. The summed E-state index contributed by atoms with van der Waals surface area (Å²) in [4.78, 5) is 11.7. The number of nitrogens with two attached hydrogens (primary N) is 1. The molecule has 0 aromatic heterocycles. The Kier molecular flexibility index (Phi) is 7.28. The van der Waals surface area contributed by atoms with Crippen LogP contribution in [0.15, 0.2) is 5.16 Å². The lowest BCUT2D eigenvalue weighted by atomic mass is 10.0. The van der Waals surface area contributed by atoms with E-state index in [-0.39, 0.29) is 17.8 Å². The highest BCUT2D eigenvalue weighted by molar-refractivity contribution is 6.02. The summed E-state index contributed by atoms with van der Waals surface area (Å²) in [6, 6.07) is -0.0898. The van der Waals surface area contributed by atoms with Gasteiger partial charge in [-0.25, -0.2) is 0 Å². The first kappa shape index (κ1) is 14.7. The molecule has 94 valence electrons. The monoisotopic (exact) mass is 231 g/mol. The number of carbonyl (C=O) groups is 1. The normalized spacial score (nSPS) is 15.6. The number of oxime groups is 1. The smallest absolute Gasteiger partial charge is 0.231 e. The molecule has 0 aliphatic heterocycles. The lowest BCUT2D eigenvalue weighted by Crippen LogP contribution is -2.44. The van der Waals surface area contributed by atoms with Crippen molar-refractivity contribution >= 4 is 11.7 Å². The lowest BCUT2D eigenvalue weighted by molar-refractivity contribution is -0.124. The van der Waals surface area contributed by atoms with Crippen LogP contribution in [0.2, 0.25) is 0 Å². The molecule has 0 aromatic carbocycles. The van der Waals surface area contributed by atoms with Crippen molar-refractivity contribution in [3.8, 4) is 0 Å². The number of hydrogen-bond acceptors (Lipinski definition) is 4. The zero-order valence-corrected chi connectivity index (χ0v) is 10.1. The molecule has 0 aliphatic carbocycles. The largest absolute Gasteiger partial charge is 0.409 e. The second kappa shape index (κ2) is 7.92. The molecule has 0 saturated carbocycles. The van der Waals surface area contributed by atoms with Crippen LogP contribution in [-0.4, -0.2) is 36.2 Å². The van der Waals surface area contributed by atoms with Crippen LogP contribution in [0.4, 0.5) is 0 Å². The van der Waals surface area contributed by atoms with Gasteiger partial charge in [-0.05, 0) is 20.3 Å². The summed E-state index contributed by atoms with van der Waals surface area (Å²) < 4.78 is 5.17. The Balaban J connectivity index is 4.21. The van der Waals surface area contributed by atoms with Crippen LogP contribution in [-0.2, 0) is 9.53 Å². The standard InChI is InChI=1S/C10H21N3O3/c1-4-8(9(11)13-15)10(14)12-7(3)6-16-5-2/h7-8,15H,4-6H2,1-3H3,(H2,11,13)(H,12,14). The maximum atomic E-state index is 11.7. The van der Waals surface area contributed by atoms with Crippen LogP contribution in [0.1, 0.15) is 27.2 Å². The molecule has 0 bridgehead atoms. The van der Waals surface area contributed by atoms with Gasteiger partial charge >= 0.3 is 0 Å². The molecule has 0 saturated heterocycles. The molecule has 0 rings (SSSR count). The third kappa shape index (κ3) is 4.97. The van der Waals surface area contributed by atoms with E-state index >= 15 is 0 Å². The highest BCUT2D eigenvalue weighted by Gasteiger charge is 2.22. The van der Waals surface area contributed by atoms with Crippen LogP contribution >= 0.6 is 0 Å². The van der Waals surface area contributed by atoms with Gasteiger partial charge in [-0.15, -0.1) is 0 Å². The van der Waals surface area contributed by atoms with Crippen LogP contribution < -0.4 is 11.1 Å². The van der Waals surface area contributed by atoms with Crippen molar-refractivity contribution in [3.63, 3.8) is 0 Å². The van der Waals surface area contributed by atoms with Crippen LogP contribution in [0.5, 0.6) is 0 Å². The van der Waals surface area contributed by atoms with Crippen LogP contribution in [0.3, 0.4) is 0 Å². The Labute approximate surface area is 95.8 Å². The molecular weight excluding hydrogens is 210 g/mol. The van der Waals surface area contributed by atoms with E-state index in [1.807, 2.05) is 13.8 Å². The van der Waals surface area contributed by atoms with Gasteiger partial charge in [-0.3, -0.25) is 4.79 Å². The SMILES string of the molecule is CCOCC(C)NC(=O)C(CC)C(N)=NO. The van der Waals surface area contributed by atoms with Gasteiger partial charge in [0, 0.05) is 12.6 Å². The van der Waals surface area contributed by atoms with Crippen LogP contribution in [0.25, 0.3) is 0 Å². The molecule has 2 atom stereocenters. The number of nitrogens with zero attached hydrogens (tertiary/aromatic N) is 1. The van der Waals surface area contributed by atoms with Crippen molar-refractivity contribution in [2.24, 2.45) is 16.8 Å². The highest BCUT2D eigenvalue weighted by atomic mass is 16.5. The van der Waals surface area contributed by atoms with Crippen molar-refractivity contribution in [1.82, 2.24) is 5.32 Å². The van der Waals surface area contributed by atoms with Gasteiger partial charge < -0.3 is 21.0 Å². The van der Waals surface area contributed by atoms with Gasteiger partial charge in [-0.2, -0.15) is 0 Å². The number of ether oxygens (including phenoxy) is 1. The fourth-order valence-corrected chi connectivity index (χ4v) is 1.28. The summed E-state index contributed by atoms with van der Waals surface area (Å²) in [5, 5.41) is 14.1. The maximum absolute atomic E-state index is 11.7. The van der Waals surface area contributed by atoms with E-state index in [4.69, 9.17) is 15.7 Å². The topological polar surface area (TPSA) is 96.9 Å². The molecule has 16 heavy (non-hydrogen) atoms. The molecule has 1 amide bonds. The Bertz CT molecular complexity index is 243. The average molecular weight is 231 g/mol. The quantitative estimate of drug-likeness (QED) is 0.254. The van der Waals surface area contributed by atoms with Gasteiger partial charge in [0.25, 0.3) is 0 Å². The maximum Gasteiger partial charge on any atom is 0.231 e. The molecule has 0 spiro atoms. The first-order valence-electron chi connectivity index (χ1n) is 5.42. The Morgan fingerprint density at radius 3 is 2.62 bits per heavy atom. The van der Waals surface area contributed by atoms with Gasteiger partial charge in [0.05, 0.1) is 12.5 Å². The molecule has 0 heterocycles. The number of nitrogens with one attached hydrogen (secondary N) is 1. The molecule has 6 heteroatoms. The van der Waals surface area contributed by atoms with E-state index in [1.165, 1.54) is 0 Å². The number of amides is 1. The number of hydrogen-bond donors (Lipinski definition) is 3. The van der Waals surface area contributed by atoms with Crippen molar-refractivity contribution in [1.29, 1.82) is 0 Å². The van der Waals surface area contributed by atoms with E-state index < -0.39 is 5.92 Å². The molecule has 2 unspecified atom stereocenters. The second-order valence-corrected chi connectivity index (χ2v) is 3.55. The van der Waals surface area contributed by atoms with Crippen molar-refractivity contribution < 1.29 is 14.7 Å². The summed E-state index contributed by atoms with van der Waals surface area (Å²) in [5.41, 5.74) is 5.41. The predicted molar refractivity (Wildman–Crippen MR) is 61.3 cm³/mol. The van der Waals surface area contributed by atoms with Gasteiger partial charge in [-0.1, -0.05) is 12.1 Å². The lowest BCUT2D eigenvalue weighted by Gasteiger charge is -2.18. The Hall–Kier alpha value is -1.30. The molecule has 0 aromatic rings. The van der Waals surface area contributed by atoms with Crippen molar-refractivity contribution in [2.45, 2.75) is 33.2 Å². The van der Waals surface area contributed by atoms with Crippen molar-refractivity contribution in [2.75, 3.05) is 13.2 Å². The van der Waals surface area contributed by atoms with Gasteiger partial charge in [0.2, 0.25) is 5.91 Å². The second-order valence-electron chi connectivity index (χ2n) is 3.55. The number of carbonyl (C=O) groups excluding carboxylic acids is 1. The summed E-state index contributed by atoms with van der Waals surface area (Å²) >= 11 is 0. The third-order valence-corrected chi connectivity index (χ3v) is 2.16. The Morgan fingerprint density at radius 1 is 1.56 bits per heavy atom. The molecular formula is C10H21N3O3. The zero-order chi connectivity index (χ0) is 12.6. The minimum atomic E-state index is -0.589. The first-order chi connectivity index (χ1) is 7.56. The Morgan fingerprint density at radius 2 is 2.19 bits per heavy atom. The van der Waals surface area contributed by atoms with E-state index in [9.17, 15) is 4.79 Å². The zero-order valence-electron chi connectivity index (χ0n) is 10.1. The average Bonchev–Trinajstić information content (AvgIpc) is 2.26. The first-order valence-corrected chi connectivity index (χ1v) is 5.42. The number of rotatable bonds is 7. The highest BCUT2D eigenvalue weighted by Crippen LogP contribution is 2.03. The van der Waals surface area contributed by atoms with Gasteiger partial charge in [0.1, 0.15) is 0 Å². The molecule has 6 nitrogen and oxygen atoms in total. The molecule has 0 aliphatic rings. The van der Waals surface area contributed by atoms with E-state index in [1.54, 1.807) is 6.92 Å². The predicted octanol–water partition coefficient (Wildman–Crippen LogP) is 0.300. The van der Waals surface area contributed by atoms with E-state index in [0.29, 0.717) is 19.6 Å². The summed E-state index contributed by atoms with van der Waals surface area (Å²) in [5.74, 6) is -0.900. The minimum Gasteiger partial charge on any atom is -0.409 e. The summed E-state index contributed by atoms with van der Waals surface area (Å²) in [7, 11) is 0. The van der Waals surface area contributed by atoms with Crippen LogP contribution in [0, 0.1) is 5.92 Å². The summed E-state index contributed by atoms with van der Waals surface area (Å²) in [6.45, 7) is 6.59. The third-order valence-electron chi connectivity index (χ3n) is 2.16. The fourth-order valence-electron chi connectivity index (χ4n) is 1.28. The van der Waals surface area contributed by atoms with E-state index in [0.717, 1.165) is 0 Å². The number of amidine groups is 1. The van der Waals surface area contributed by atoms with E-state index in [2.05, 4.69) is 10.5 Å². The van der Waals surface area contributed by atoms with Crippen molar-refractivity contribution in [3.05, 3.63) is 0 Å². The fraction of sp³-hybridized carbons (Fsp3) is 0.800. The molecule has 4 N–H and O–H groups in total. The molecule has 0 fully saturated rings. The van der Waals surface area contributed by atoms with Gasteiger partial charge in [0.15, 0.2) is 5.84 Å².